The average molecular weight is 285 g/mol. The van der Waals surface area contributed by atoms with Crippen LogP contribution in [-0.4, -0.2) is 26.1 Å². The maximum atomic E-state index is 11.3. The number of benzene rings is 1. The summed E-state index contributed by atoms with van der Waals surface area (Å²) in [7, 11) is 0. The van der Waals surface area contributed by atoms with E-state index >= 15 is 0 Å². The third-order valence-corrected chi connectivity index (χ3v) is 3.87. The highest BCUT2D eigenvalue weighted by Crippen LogP contribution is 2.41. The van der Waals surface area contributed by atoms with Crippen LogP contribution < -0.4 is 0 Å². The first-order chi connectivity index (χ1) is 10.2. The van der Waals surface area contributed by atoms with Crippen molar-refractivity contribution in [1.29, 1.82) is 0 Å². The molecule has 0 atom stereocenters. The number of carboxylic acid groups (broad SMARTS) is 1. The Labute approximate surface area is 123 Å². The molecule has 3 rings (SSSR count). The highest BCUT2D eigenvalue weighted by Gasteiger charge is 2.34. The molecule has 0 aliphatic heterocycles. The zero-order valence-corrected chi connectivity index (χ0v) is 12.1. The smallest absolute Gasteiger partial charge is 0.358 e. The summed E-state index contributed by atoms with van der Waals surface area (Å²) in [5.41, 5.74) is 3.01. The van der Waals surface area contributed by atoms with Crippen LogP contribution in [-0.2, 0) is 6.42 Å². The van der Waals surface area contributed by atoms with E-state index in [1.807, 2.05) is 12.1 Å². The number of hydrogen-bond acceptors (Lipinski definition) is 3. The maximum Gasteiger partial charge on any atom is 0.358 e. The van der Waals surface area contributed by atoms with Crippen molar-refractivity contribution >= 4 is 5.97 Å². The van der Waals surface area contributed by atoms with Crippen molar-refractivity contribution in [2.75, 3.05) is 0 Å². The molecule has 0 unspecified atom stereocenters. The van der Waals surface area contributed by atoms with Crippen molar-refractivity contribution in [3.8, 4) is 5.69 Å². The Hall–Kier alpha value is -2.17. The van der Waals surface area contributed by atoms with Gasteiger partial charge in [-0.15, -0.1) is 5.10 Å². The van der Waals surface area contributed by atoms with Gasteiger partial charge in [-0.25, -0.2) is 9.48 Å². The SMILES string of the molecule is CCCCc1ccc(-n2nnc(C(=O)O)c2C2CC2)cc1. The van der Waals surface area contributed by atoms with Crippen molar-refractivity contribution < 1.29 is 9.90 Å². The number of carboxylic acids is 1. The predicted molar refractivity (Wildman–Crippen MR) is 78.9 cm³/mol. The Morgan fingerprint density at radius 2 is 2.05 bits per heavy atom. The number of aromatic nitrogens is 3. The van der Waals surface area contributed by atoms with E-state index in [9.17, 15) is 9.90 Å². The molecule has 0 radical (unpaired) electrons. The van der Waals surface area contributed by atoms with Crippen molar-refractivity contribution in [1.82, 2.24) is 15.0 Å². The molecule has 5 nitrogen and oxygen atoms in total. The Kier molecular flexibility index (Phi) is 3.73. The second kappa shape index (κ2) is 5.68. The lowest BCUT2D eigenvalue weighted by molar-refractivity contribution is 0.0689. The summed E-state index contributed by atoms with van der Waals surface area (Å²) in [6, 6.07) is 8.17. The van der Waals surface area contributed by atoms with Gasteiger partial charge in [-0.1, -0.05) is 30.7 Å². The zero-order valence-electron chi connectivity index (χ0n) is 12.1. The van der Waals surface area contributed by atoms with Gasteiger partial charge in [0.25, 0.3) is 0 Å². The van der Waals surface area contributed by atoms with Crippen LogP contribution in [0.2, 0.25) is 0 Å². The van der Waals surface area contributed by atoms with Gasteiger partial charge in [0.2, 0.25) is 0 Å². The summed E-state index contributed by atoms with van der Waals surface area (Å²) in [4.78, 5) is 11.3. The van der Waals surface area contributed by atoms with Crippen molar-refractivity contribution in [2.45, 2.75) is 44.9 Å². The lowest BCUT2D eigenvalue weighted by atomic mass is 10.1. The normalized spacial score (nSPS) is 14.3. The number of aryl methyl sites for hydroxylation is 1. The molecule has 110 valence electrons. The number of unbranched alkanes of at least 4 members (excludes halogenated alkanes) is 1. The molecule has 1 saturated carbocycles. The molecule has 0 bridgehead atoms. The lowest BCUT2D eigenvalue weighted by Gasteiger charge is -2.07. The molecular formula is C16H19N3O2. The van der Waals surface area contributed by atoms with Gasteiger partial charge >= 0.3 is 5.97 Å². The van der Waals surface area contributed by atoms with Gasteiger partial charge in [-0.2, -0.15) is 0 Å². The molecular weight excluding hydrogens is 266 g/mol. The van der Waals surface area contributed by atoms with Gasteiger partial charge in [0.05, 0.1) is 11.4 Å². The molecule has 0 spiro atoms. The van der Waals surface area contributed by atoms with E-state index in [2.05, 4.69) is 29.4 Å². The minimum absolute atomic E-state index is 0.0903. The Balaban J connectivity index is 1.91. The van der Waals surface area contributed by atoms with Gasteiger partial charge in [-0.3, -0.25) is 0 Å². The molecule has 1 aromatic carbocycles. The number of aromatic carboxylic acids is 1. The van der Waals surface area contributed by atoms with E-state index < -0.39 is 5.97 Å². The first-order valence-corrected chi connectivity index (χ1v) is 7.49. The van der Waals surface area contributed by atoms with Crippen LogP contribution in [0.25, 0.3) is 5.69 Å². The van der Waals surface area contributed by atoms with Crippen molar-refractivity contribution in [3.63, 3.8) is 0 Å². The van der Waals surface area contributed by atoms with Crippen LogP contribution in [0, 0.1) is 0 Å². The first-order valence-electron chi connectivity index (χ1n) is 7.49. The Morgan fingerprint density at radius 3 is 2.62 bits per heavy atom. The highest BCUT2D eigenvalue weighted by molar-refractivity contribution is 5.87. The van der Waals surface area contributed by atoms with E-state index in [0.29, 0.717) is 0 Å². The number of hydrogen-bond donors (Lipinski definition) is 1. The number of carbonyl (C=O) groups is 1. The predicted octanol–water partition coefficient (Wildman–Crippen LogP) is 3.19. The van der Waals surface area contributed by atoms with Crippen LogP contribution >= 0.6 is 0 Å². The van der Waals surface area contributed by atoms with Crippen molar-refractivity contribution in [2.24, 2.45) is 0 Å². The minimum atomic E-state index is -0.997. The van der Waals surface area contributed by atoms with Crippen molar-refractivity contribution in [3.05, 3.63) is 41.2 Å². The van der Waals surface area contributed by atoms with Gasteiger partial charge in [0, 0.05) is 5.92 Å². The standard InChI is InChI=1S/C16H19N3O2/c1-2-3-4-11-5-9-13(10-6-11)19-15(12-7-8-12)14(16(20)21)17-18-19/h5-6,9-10,12H,2-4,7-8H2,1H3,(H,20,21). The summed E-state index contributed by atoms with van der Waals surface area (Å²) in [5, 5.41) is 17.1. The molecule has 1 fully saturated rings. The molecule has 0 amide bonds. The lowest BCUT2D eigenvalue weighted by Crippen LogP contribution is -2.05. The average Bonchev–Trinajstić information content (AvgIpc) is 3.23. The molecule has 1 heterocycles. The molecule has 1 N–H and O–H groups in total. The molecule has 1 aromatic heterocycles. The molecule has 2 aromatic rings. The monoisotopic (exact) mass is 285 g/mol. The summed E-state index contributed by atoms with van der Waals surface area (Å²) in [6.07, 6.45) is 5.46. The van der Waals surface area contributed by atoms with E-state index in [-0.39, 0.29) is 11.6 Å². The molecule has 5 heteroatoms. The summed E-state index contributed by atoms with van der Waals surface area (Å²) < 4.78 is 1.69. The fraction of sp³-hybridized carbons (Fsp3) is 0.438. The highest BCUT2D eigenvalue weighted by atomic mass is 16.4. The topological polar surface area (TPSA) is 68.0 Å². The second-order valence-electron chi connectivity index (χ2n) is 5.58. The Bertz CT molecular complexity index is 642. The summed E-state index contributed by atoms with van der Waals surface area (Å²) >= 11 is 0. The van der Waals surface area contributed by atoms with E-state index in [4.69, 9.17) is 0 Å². The zero-order chi connectivity index (χ0) is 14.8. The number of rotatable bonds is 6. The van der Waals surface area contributed by atoms with E-state index in [1.54, 1.807) is 4.68 Å². The molecule has 21 heavy (non-hydrogen) atoms. The van der Waals surface area contributed by atoms with Gasteiger partial charge in [0.15, 0.2) is 5.69 Å². The Morgan fingerprint density at radius 1 is 1.33 bits per heavy atom. The molecule has 1 aliphatic rings. The first kappa shape index (κ1) is 13.8. The minimum Gasteiger partial charge on any atom is -0.476 e. The fourth-order valence-electron chi connectivity index (χ4n) is 2.54. The van der Waals surface area contributed by atoms with Gasteiger partial charge in [-0.05, 0) is 43.4 Å². The molecule has 1 aliphatic carbocycles. The maximum absolute atomic E-state index is 11.3. The third-order valence-electron chi connectivity index (χ3n) is 3.87. The van der Waals surface area contributed by atoms with Crippen LogP contribution in [0.5, 0.6) is 0 Å². The summed E-state index contributed by atoms with van der Waals surface area (Å²) in [6.45, 7) is 2.18. The van der Waals surface area contributed by atoms with E-state index in [0.717, 1.165) is 30.6 Å². The quantitative estimate of drug-likeness (QED) is 0.885. The van der Waals surface area contributed by atoms with Crippen LogP contribution in [0.4, 0.5) is 0 Å². The largest absolute Gasteiger partial charge is 0.476 e. The molecule has 0 saturated heterocycles. The van der Waals surface area contributed by atoms with Crippen LogP contribution in [0.1, 0.15) is 60.3 Å². The van der Waals surface area contributed by atoms with Crippen LogP contribution in [0.15, 0.2) is 24.3 Å². The van der Waals surface area contributed by atoms with Crippen LogP contribution in [0.3, 0.4) is 0 Å². The fourth-order valence-corrected chi connectivity index (χ4v) is 2.54. The second-order valence-corrected chi connectivity index (χ2v) is 5.58. The van der Waals surface area contributed by atoms with Gasteiger partial charge < -0.3 is 5.11 Å². The van der Waals surface area contributed by atoms with E-state index in [1.165, 1.54) is 18.4 Å². The third kappa shape index (κ3) is 2.82. The van der Waals surface area contributed by atoms with Gasteiger partial charge in [0.1, 0.15) is 0 Å². The number of nitrogens with zero attached hydrogens (tertiary/aromatic N) is 3. The summed E-state index contributed by atoms with van der Waals surface area (Å²) in [5.74, 6) is -0.714.